The lowest BCUT2D eigenvalue weighted by Crippen LogP contribution is -2.29. The molecule has 0 amide bonds. The van der Waals surface area contributed by atoms with Gasteiger partial charge in [0.15, 0.2) is 0 Å². The number of hydrogen-bond donors (Lipinski definition) is 2. The second kappa shape index (κ2) is 4.29. The van der Waals surface area contributed by atoms with Crippen LogP contribution in [-0.2, 0) is 4.74 Å². The van der Waals surface area contributed by atoms with Gasteiger partial charge in [0.1, 0.15) is 30.2 Å². The number of ether oxygens (including phenoxy) is 1. The van der Waals surface area contributed by atoms with E-state index in [1.807, 2.05) is 25.1 Å². The standard InChI is InChI=1S/C19H15FO3/c1-8-12-5-3-11(20)7-10(12)6-9-2-4-13-15(14(8)9)18-19(23-18)17(22)16(13)21/h2-7,16-19,21-22H,1H3/t16-,17+,18-,19+/m0/s1. The molecule has 3 nitrogen and oxygen atoms in total. The van der Waals surface area contributed by atoms with Crippen molar-refractivity contribution < 1.29 is 19.3 Å². The van der Waals surface area contributed by atoms with Crippen molar-refractivity contribution in [2.75, 3.05) is 0 Å². The highest BCUT2D eigenvalue weighted by Gasteiger charge is 2.54. The summed E-state index contributed by atoms with van der Waals surface area (Å²) in [6, 6.07) is 10.5. The van der Waals surface area contributed by atoms with Gasteiger partial charge in [-0.1, -0.05) is 18.2 Å². The Labute approximate surface area is 131 Å². The minimum absolute atomic E-state index is 0.163. The first-order chi connectivity index (χ1) is 11.1. The molecule has 1 fully saturated rings. The molecule has 5 rings (SSSR count). The first-order valence-electron chi connectivity index (χ1n) is 7.73. The minimum atomic E-state index is -0.929. The number of aliphatic hydroxyl groups is 2. The zero-order valence-corrected chi connectivity index (χ0v) is 12.5. The van der Waals surface area contributed by atoms with Crippen molar-refractivity contribution in [3.63, 3.8) is 0 Å². The predicted octanol–water partition coefficient (Wildman–Crippen LogP) is 3.29. The number of epoxide rings is 1. The number of aliphatic hydroxyl groups excluding tert-OH is 2. The molecular weight excluding hydrogens is 295 g/mol. The molecule has 23 heavy (non-hydrogen) atoms. The Hall–Kier alpha value is -2.01. The van der Waals surface area contributed by atoms with Gasteiger partial charge in [0, 0.05) is 0 Å². The number of halogens is 1. The Balaban J connectivity index is 1.91. The van der Waals surface area contributed by atoms with Crippen LogP contribution >= 0.6 is 0 Å². The third-order valence-electron chi connectivity index (χ3n) is 5.20. The van der Waals surface area contributed by atoms with Gasteiger partial charge in [-0.25, -0.2) is 4.39 Å². The van der Waals surface area contributed by atoms with E-state index in [-0.39, 0.29) is 18.0 Å². The van der Waals surface area contributed by atoms with Crippen molar-refractivity contribution in [1.29, 1.82) is 0 Å². The lowest BCUT2D eigenvalue weighted by Gasteiger charge is -2.25. The van der Waals surface area contributed by atoms with Crippen molar-refractivity contribution in [2.24, 2.45) is 0 Å². The van der Waals surface area contributed by atoms with Crippen LogP contribution in [0.15, 0.2) is 36.4 Å². The molecule has 1 saturated heterocycles. The van der Waals surface area contributed by atoms with Crippen molar-refractivity contribution in [3.05, 3.63) is 58.9 Å². The molecule has 3 aromatic carbocycles. The molecule has 0 bridgehead atoms. The van der Waals surface area contributed by atoms with Crippen molar-refractivity contribution >= 4 is 21.5 Å². The van der Waals surface area contributed by atoms with E-state index in [0.29, 0.717) is 0 Å². The second-order valence-electron chi connectivity index (χ2n) is 6.49. The van der Waals surface area contributed by atoms with E-state index >= 15 is 0 Å². The fraction of sp³-hybridized carbons (Fsp3) is 0.263. The van der Waals surface area contributed by atoms with Gasteiger partial charge in [0.2, 0.25) is 0 Å². The highest BCUT2D eigenvalue weighted by molar-refractivity contribution is 6.04. The largest absolute Gasteiger partial charge is 0.387 e. The number of aryl methyl sites for hydroxylation is 1. The number of benzene rings is 3. The SMILES string of the molecule is Cc1c2ccc(F)cc2cc2ccc3c(c12)[C@@H]1O[C@@H]1[C@H](O)[C@H]3O. The van der Waals surface area contributed by atoms with E-state index in [1.54, 1.807) is 6.07 Å². The van der Waals surface area contributed by atoms with Crippen LogP contribution < -0.4 is 0 Å². The second-order valence-corrected chi connectivity index (χ2v) is 6.49. The third kappa shape index (κ3) is 1.68. The number of fused-ring (bicyclic) bond motifs is 6. The first-order valence-corrected chi connectivity index (χ1v) is 7.73. The average Bonchev–Trinajstić information content (AvgIpc) is 3.32. The van der Waals surface area contributed by atoms with Gasteiger partial charge >= 0.3 is 0 Å². The Morgan fingerprint density at radius 1 is 1.04 bits per heavy atom. The van der Waals surface area contributed by atoms with Crippen molar-refractivity contribution in [2.45, 2.75) is 31.3 Å². The minimum Gasteiger partial charge on any atom is -0.387 e. The fourth-order valence-corrected chi connectivity index (χ4v) is 4.03. The molecule has 1 aliphatic heterocycles. The van der Waals surface area contributed by atoms with E-state index in [0.717, 1.165) is 38.2 Å². The molecule has 2 aliphatic rings. The zero-order valence-electron chi connectivity index (χ0n) is 12.5. The normalized spacial score (nSPS) is 28.7. The molecule has 4 atom stereocenters. The molecule has 0 saturated carbocycles. The lowest BCUT2D eigenvalue weighted by atomic mass is 9.82. The summed E-state index contributed by atoms with van der Waals surface area (Å²) >= 11 is 0. The Morgan fingerprint density at radius 2 is 1.87 bits per heavy atom. The maximum Gasteiger partial charge on any atom is 0.123 e. The molecule has 3 aromatic rings. The summed E-state index contributed by atoms with van der Waals surface area (Å²) in [6.07, 6.45) is -2.30. The summed E-state index contributed by atoms with van der Waals surface area (Å²) in [5.41, 5.74) is 2.74. The van der Waals surface area contributed by atoms with Crippen LogP contribution in [0.3, 0.4) is 0 Å². The lowest BCUT2D eigenvalue weighted by molar-refractivity contribution is 0.000104. The van der Waals surface area contributed by atoms with Crippen molar-refractivity contribution in [1.82, 2.24) is 0 Å². The van der Waals surface area contributed by atoms with Gasteiger partial charge in [-0.3, -0.25) is 0 Å². The van der Waals surface area contributed by atoms with Gasteiger partial charge in [-0.2, -0.15) is 0 Å². The molecule has 4 heteroatoms. The average molecular weight is 310 g/mol. The van der Waals surface area contributed by atoms with Gasteiger partial charge in [-0.05, 0) is 63.4 Å². The maximum atomic E-state index is 13.5. The van der Waals surface area contributed by atoms with Crippen LogP contribution in [0.25, 0.3) is 21.5 Å². The molecule has 0 spiro atoms. The highest BCUT2D eigenvalue weighted by Crippen LogP contribution is 2.53. The summed E-state index contributed by atoms with van der Waals surface area (Å²) in [6.45, 7) is 2.01. The van der Waals surface area contributed by atoms with Crippen LogP contribution in [0, 0.1) is 12.7 Å². The third-order valence-corrected chi connectivity index (χ3v) is 5.20. The van der Waals surface area contributed by atoms with Crippen LogP contribution in [0.5, 0.6) is 0 Å². The number of hydrogen-bond acceptors (Lipinski definition) is 3. The fourth-order valence-electron chi connectivity index (χ4n) is 4.03. The van der Waals surface area contributed by atoms with Crippen LogP contribution in [0.4, 0.5) is 4.39 Å². The monoisotopic (exact) mass is 310 g/mol. The van der Waals surface area contributed by atoms with Gasteiger partial charge in [0.05, 0.1) is 0 Å². The van der Waals surface area contributed by atoms with Gasteiger partial charge < -0.3 is 14.9 Å². The molecular formula is C19H15FO3. The summed E-state index contributed by atoms with van der Waals surface area (Å²) in [4.78, 5) is 0. The van der Waals surface area contributed by atoms with Crippen molar-refractivity contribution in [3.8, 4) is 0 Å². The van der Waals surface area contributed by atoms with Gasteiger partial charge in [0.25, 0.3) is 0 Å². The maximum absolute atomic E-state index is 13.5. The summed E-state index contributed by atoms with van der Waals surface area (Å²) in [5.74, 6) is -0.252. The molecule has 0 radical (unpaired) electrons. The summed E-state index contributed by atoms with van der Waals surface area (Å²) in [5, 5.41) is 24.3. The molecule has 0 aromatic heterocycles. The smallest absolute Gasteiger partial charge is 0.123 e. The predicted molar refractivity (Wildman–Crippen MR) is 84.7 cm³/mol. The summed E-state index contributed by atoms with van der Waals surface area (Å²) in [7, 11) is 0. The molecule has 1 aliphatic carbocycles. The quantitative estimate of drug-likeness (QED) is 0.495. The zero-order chi connectivity index (χ0) is 15.9. The Morgan fingerprint density at radius 3 is 2.70 bits per heavy atom. The Bertz CT molecular complexity index is 981. The molecule has 1 heterocycles. The Kier molecular flexibility index (Phi) is 2.51. The van der Waals surface area contributed by atoms with Gasteiger partial charge in [-0.15, -0.1) is 0 Å². The van der Waals surface area contributed by atoms with Crippen LogP contribution in [-0.4, -0.2) is 22.4 Å². The van der Waals surface area contributed by atoms with Crippen LogP contribution in [0.1, 0.15) is 28.9 Å². The van der Waals surface area contributed by atoms with E-state index in [9.17, 15) is 14.6 Å². The van der Waals surface area contributed by atoms with E-state index < -0.39 is 12.2 Å². The number of rotatable bonds is 0. The van der Waals surface area contributed by atoms with E-state index in [1.165, 1.54) is 12.1 Å². The topological polar surface area (TPSA) is 53.0 Å². The first kappa shape index (κ1) is 13.4. The summed E-state index contributed by atoms with van der Waals surface area (Å²) < 4.78 is 19.1. The molecule has 0 unspecified atom stereocenters. The van der Waals surface area contributed by atoms with E-state index in [2.05, 4.69) is 0 Å². The van der Waals surface area contributed by atoms with E-state index in [4.69, 9.17) is 4.74 Å². The van der Waals surface area contributed by atoms with Crippen LogP contribution in [0.2, 0.25) is 0 Å². The molecule has 2 N–H and O–H groups in total. The molecule has 116 valence electrons. The highest BCUT2D eigenvalue weighted by atomic mass is 19.1.